The van der Waals surface area contributed by atoms with Crippen molar-refractivity contribution in [2.75, 3.05) is 0 Å². The Bertz CT molecular complexity index is 818. The maximum Gasteiger partial charge on any atom is 0.208 e. The van der Waals surface area contributed by atoms with Crippen molar-refractivity contribution in [1.29, 1.82) is 0 Å². The van der Waals surface area contributed by atoms with Gasteiger partial charge in [-0.15, -0.1) is 0 Å². The fourth-order valence-electron chi connectivity index (χ4n) is 2.36. The van der Waals surface area contributed by atoms with Gasteiger partial charge in [-0.25, -0.2) is 8.42 Å². The standard InChI is InChI=1S/C15H12O3S.CH4/c1-9-4-6-13-12(7-9)15(16)11-5-3-10(2)8-14(11)19(13,17)18;/h3-8H,1-2H3;1H4. The smallest absolute Gasteiger partial charge is 0.208 e. The second kappa shape index (κ2) is 4.56. The second-order valence-electron chi connectivity index (χ2n) is 4.83. The molecule has 0 amide bonds. The third-order valence-corrected chi connectivity index (χ3v) is 5.19. The van der Waals surface area contributed by atoms with Gasteiger partial charge in [0.15, 0.2) is 5.78 Å². The summed E-state index contributed by atoms with van der Waals surface area (Å²) in [4.78, 5) is 12.6. The molecular formula is C16H16O3S. The van der Waals surface area contributed by atoms with Gasteiger partial charge in [-0.3, -0.25) is 4.79 Å². The topological polar surface area (TPSA) is 51.2 Å². The second-order valence-corrected chi connectivity index (χ2v) is 6.72. The highest BCUT2D eigenvalue weighted by molar-refractivity contribution is 7.91. The summed E-state index contributed by atoms with van der Waals surface area (Å²) in [5.41, 5.74) is 2.24. The third-order valence-electron chi connectivity index (χ3n) is 3.34. The van der Waals surface area contributed by atoms with Crippen LogP contribution in [0.3, 0.4) is 0 Å². The summed E-state index contributed by atoms with van der Waals surface area (Å²) in [5, 5.41) is 0. The largest absolute Gasteiger partial charge is 0.289 e. The van der Waals surface area contributed by atoms with Gasteiger partial charge in [0.25, 0.3) is 0 Å². The lowest BCUT2D eigenvalue weighted by atomic mass is 10.00. The number of benzene rings is 2. The van der Waals surface area contributed by atoms with Crippen molar-refractivity contribution in [3.05, 3.63) is 58.7 Å². The summed E-state index contributed by atoms with van der Waals surface area (Å²) in [7, 11) is -3.59. The van der Waals surface area contributed by atoms with Crippen LogP contribution in [0.5, 0.6) is 0 Å². The zero-order chi connectivity index (χ0) is 13.8. The Morgan fingerprint density at radius 3 is 2.10 bits per heavy atom. The number of sulfone groups is 1. The van der Waals surface area contributed by atoms with Crippen LogP contribution >= 0.6 is 0 Å². The summed E-state index contributed by atoms with van der Waals surface area (Å²) >= 11 is 0. The molecule has 0 atom stereocenters. The monoisotopic (exact) mass is 288 g/mol. The van der Waals surface area contributed by atoms with E-state index in [0.717, 1.165) is 11.1 Å². The molecule has 2 aromatic rings. The number of hydrogen-bond acceptors (Lipinski definition) is 3. The van der Waals surface area contributed by atoms with Crippen molar-refractivity contribution in [3.8, 4) is 0 Å². The number of rotatable bonds is 0. The molecule has 1 aliphatic rings. The van der Waals surface area contributed by atoms with Gasteiger partial charge < -0.3 is 0 Å². The maximum atomic E-state index is 12.6. The first kappa shape index (κ1) is 14.5. The van der Waals surface area contributed by atoms with Crippen molar-refractivity contribution in [2.24, 2.45) is 0 Å². The molecule has 0 unspecified atom stereocenters. The van der Waals surface area contributed by atoms with E-state index in [1.165, 1.54) is 6.07 Å². The molecule has 0 saturated carbocycles. The van der Waals surface area contributed by atoms with Crippen LogP contribution in [0.25, 0.3) is 0 Å². The number of hydrogen-bond donors (Lipinski definition) is 0. The van der Waals surface area contributed by atoms with Crippen LogP contribution in [0.15, 0.2) is 46.2 Å². The lowest BCUT2D eigenvalue weighted by Gasteiger charge is -2.19. The maximum absolute atomic E-state index is 12.6. The average Bonchev–Trinajstić information content (AvgIpc) is 2.36. The molecule has 0 N–H and O–H groups in total. The first-order chi connectivity index (χ1) is 8.91. The van der Waals surface area contributed by atoms with Crippen LogP contribution in [0.1, 0.15) is 34.5 Å². The Morgan fingerprint density at radius 1 is 0.800 bits per heavy atom. The summed E-state index contributed by atoms with van der Waals surface area (Å²) < 4.78 is 25.1. The van der Waals surface area contributed by atoms with Crippen molar-refractivity contribution in [1.82, 2.24) is 0 Å². The molecule has 4 heteroatoms. The number of ketones is 1. The van der Waals surface area contributed by atoms with Crippen LogP contribution in [0.2, 0.25) is 0 Å². The summed E-state index contributed by atoms with van der Waals surface area (Å²) in [6, 6.07) is 9.78. The molecular weight excluding hydrogens is 272 g/mol. The molecule has 20 heavy (non-hydrogen) atoms. The summed E-state index contributed by atoms with van der Waals surface area (Å²) in [6.07, 6.45) is 0. The normalized spacial score (nSPS) is 15.0. The molecule has 0 saturated heterocycles. The molecule has 0 aromatic heterocycles. The Kier molecular flexibility index (Phi) is 3.30. The van der Waals surface area contributed by atoms with Gasteiger partial charge in [0, 0.05) is 11.1 Å². The number of aryl methyl sites for hydroxylation is 2. The highest BCUT2D eigenvalue weighted by Gasteiger charge is 2.34. The molecule has 1 heterocycles. The van der Waals surface area contributed by atoms with E-state index in [2.05, 4.69) is 0 Å². The van der Waals surface area contributed by atoms with Gasteiger partial charge in [0.2, 0.25) is 9.84 Å². The quantitative estimate of drug-likeness (QED) is 0.637. The van der Waals surface area contributed by atoms with E-state index in [0.29, 0.717) is 0 Å². The molecule has 3 nitrogen and oxygen atoms in total. The van der Waals surface area contributed by atoms with E-state index >= 15 is 0 Å². The zero-order valence-electron chi connectivity index (χ0n) is 10.6. The van der Waals surface area contributed by atoms with Crippen LogP contribution < -0.4 is 0 Å². The lowest BCUT2D eigenvalue weighted by Crippen LogP contribution is -2.20. The molecule has 1 aliphatic heterocycles. The molecule has 0 aliphatic carbocycles. The highest BCUT2D eigenvalue weighted by Crippen LogP contribution is 2.35. The molecule has 104 valence electrons. The van der Waals surface area contributed by atoms with E-state index in [1.54, 1.807) is 30.3 Å². The van der Waals surface area contributed by atoms with Crippen LogP contribution in [0, 0.1) is 13.8 Å². The summed E-state index contributed by atoms with van der Waals surface area (Å²) in [6.45, 7) is 3.65. The molecule has 0 spiro atoms. The minimum atomic E-state index is -3.59. The minimum absolute atomic E-state index is 0. The van der Waals surface area contributed by atoms with E-state index < -0.39 is 9.84 Å². The van der Waals surface area contributed by atoms with Gasteiger partial charge in [-0.2, -0.15) is 0 Å². The van der Waals surface area contributed by atoms with E-state index in [9.17, 15) is 13.2 Å². The van der Waals surface area contributed by atoms with Gasteiger partial charge in [-0.05, 0) is 43.7 Å². The Morgan fingerprint density at radius 2 is 1.40 bits per heavy atom. The predicted molar refractivity (Wildman–Crippen MR) is 78.0 cm³/mol. The molecule has 3 rings (SSSR count). The van der Waals surface area contributed by atoms with Crippen molar-refractivity contribution >= 4 is 15.6 Å². The van der Waals surface area contributed by atoms with Gasteiger partial charge in [0.1, 0.15) is 0 Å². The van der Waals surface area contributed by atoms with Gasteiger partial charge in [0.05, 0.1) is 9.79 Å². The Hall–Kier alpha value is -1.94. The van der Waals surface area contributed by atoms with Crippen molar-refractivity contribution in [3.63, 3.8) is 0 Å². The SMILES string of the molecule is C.Cc1ccc2c(c1)C(=O)c1ccc(C)cc1S2(=O)=O. The average molecular weight is 288 g/mol. The Balaban J connectivity index is 0.00000147. The lowest BCUT2D eigenvalue weighted by molar-refractivity contribution is 0.103. The van der Waals surface area contributed by atoms with Crippen molar-refractivity contribution in [2.45, 2.75) is 31.1 Å². The predicted octanol–water partition coefficient (Wildman–Crippen LogP) is 3.32. The summed E-state index contributed by atoms with van der Waals surface area (Å²) in [5.74, 6) is -0.219. The number of carbonyl (C=O) groups is 1. The number of carbonyl (C=O) groups excluding carboxylic acids is 1. The number of fused-ring (bicyclic) bond motifs is 2. The molecule has 0 fully saturated rings. The zero-order valence-corrected chi connectivity index (χ0v) is 11.4. The van der Waals surface area contributed by atoms with E-state index in [1.807, 2.05) is 13.8 Å². The van der Waals surface area contributed by atoms with Crippen LogP contribution in [-0.4, -0.2) is 14.2 Å². The fourth-order valence-corrected chi connectivity index (χ4v) is 4.08. The van der Waals surface area contributed by atoms with Crippen molar-refractivity contribution < 1.29 is 13.2 Å². The first-order valence-corrected chi connectivity index (χ1v) is 7.40. The fraction of sp³-hybridized carbons (Fsp3) is 0.188. The van der Waals surface area contributed by atoms with E-state index in [4.69, 9.17) is 0 Å². The van der Waals surface area contributed by atoms with E-state index in [-0.39, 0.29) is 34.1 Å². The minimum Gasteiger partial charge on any atom is -0.289 e. The molecule has 0 radical (unpaired) electrons. The van der Waals surface area contributed by atoms with Crippen LogP contribution in [0.4, 0.5) is 0 Å². The first-order valence-electron chi connectivity index (χ1n) is 5.92. The van der Waals surface area contributed by atoms with Crippen LogP contribution in [-0.2, 0) is 9.84 Å². The third kappa shape index (κ3) is 1.88. The molecule has 0 bridgehead atoms. The highest BCUT2D eigenvalue weighted by atomic mass is 32.2. The Labute approximate surface area is 119 Å². The van der Waals surface area contributed by atoms with Gasteiger partial charge in [-0.1, -0.05) is 25.1 Å². The molecule has 2 aromatic carbocycles. The van der Waals surface area contributed by atoms with Gasteiger partial charge >= 0.3 is 0 Å².